The lowest BCUT2D eigenvalue weighted by atomic mass is 10.1. The zero-order chi connectivity index (χ0) is 19.2. The second kappa shape index (κ2) is 9.19. The molecule has 0 saturated carbocycles. The SMILES string of the molecule is CC[C@H](C)N(Cc1cccc(OS(=O)(=O)CC)c1)C(=O)Cc1cccs1. The summed E-state index contributed by atoms with van der Waals surface area (Å²) in [5, 5.41) is 1.96. The minimum Gasteiger partial charge on any atom is -0.382 e. The second-order valence-electron chi connectivity index (χ2n) is 6.11. The van der Waals surface area contributed by atoms with Crippen molar-refractivity contribution < 1.29 is 17.4 Å². The molecule has 0 aliphatic rings. The van der Waals surface area contributed by atoms with Gasteiger partial charge in [-0.2, -0.15) is 8.42 Å². The molecule has 0 bridgehead atoms. The van der Waals surface area contributed by atoms with E-state index >= 15 is 0 Å². The maximum Gasteiger partial charge on any atom is 0.308 e. The first-order chi connectivity index (χ1) is 12.3. The molecule has 1 heterocycles. The fraction of sp³-hybridized carbons (Fsp3) is 0.421. The lowest BCUT2D eigenvalue weighted by molar-refractivity contribution is -0.133. The van der Waals surface area contributed by atoms with Gasteiger partial charge in [0.25, 0.3) is 0 Å². The predicted molar refractivity (Wildman–Crippen MR) is 105 cm³/mol. The number of carbonyl (C=O) groups excluding carboxylic acids is 1. The van der Waals surface area contributed by atoms with Crippen molar-refractivity contribution in [2.75, 3.05) is 5.75 Å². The normalized spacial score (nSPS) is 12.6. The van der Waals surface area contributed by atoms with Gasteiger partial charge in [-0.25, -0.2) is 0 Å². The molecule has 1 aromatic carbocycles. The third kappa shape index (κ3) is 5.85. The Morgan fingerprint density at radius 1 is 1.23 bits per heavy atom. The molecule has 0 saturated heterocycles. The van der Waals surface area contributed by atoms with Crippen LogP contribution in [0.4, 0.5) is 0 Å². The first kappa shape index (κ1) is 20.5. The van der Waals surface area contributed by atoms with E-state index < -0.39 is 10.1 Å². The van der Waals surface area contributed by atoms with Crippen LogP contribution in [0.15, 0.2) is 41.8 Å². The van der Waals surface area contributed by atoms with E-state index in [0.29, 0.717) is 13.0 Å². The Labute approximate surface area is 159 Å². The minimum atomic E-state index is -3.57. The highest BCUT2D eigenvalue weighted by Gasteiger charge is 2.20. The number of rotatable bonds is 9. The summed E-state index contributed by atoms with van der Waals surface area (Å²) >= 11 is 1.57. The van der Waals surface area contributed by atoms with Crippen LogP contribution in [0.2, 0.25) is 0 Å². The molecule has 0 N–H and O–H groups in total. The summed E-state index contributed by atoms with van der Waals surface area (Å²) < 4.78 is 28.4. The second-order valence-corrected chi connectivity index (χ2v) is 9.00. The predicted octanol–water partition coefficient (Wildman–Crippen LogP) is 3.85. The molecule has 1 aromatic heterocycles. The van der Waals surface area contributed by atoms with Crippen LogP contribution in [-0.4, -0.2) is 31.0 Å². The highest BCUT2D eigenvalue weighted by Crippen LogP contribution is 2.20. The molecule has 0 radical (unpaired) electrons. The third-order valence-corrected chi connectivity index (χ3v) is 6.21. The molecular weight excluding hydrogens is 370 g/mol. The number of hydrogen-bond donors (Lipinski definition) is 0. The minimum absolute atomic E-state index is 0.0642. The van der Waals surface area contributed by atoms with Crippen LogP contribution in [0.25, 0.3) is 0 Å². The molecule has 0 spiro atoms. The van der Waals surface area contributed by atoms with E-state index in [1.165, 1.54) is 6.92 Å². The molecule has 7 heteroatoms. The van der Waals surface area contributed by atoms with E-state index in [0.717, 1.165) is 16.9 Å². The molecule has 0 fully saturated rings. The van der Waals surface area contributed by atoms with Gasteiger partial charge in [-0.15, -0.1) is 11.3 Å². The summed E-state index contributed by atoms with van der Waals surface area (Å²) in [6.07, 6.45) is 1.22. The average molecular weight is 396 g/mol. The van der Waals surface area contributed by atoms with Crippen molar-refractivity contribution >= 4 is 27.4 Å². The van der Waals surface area contributed by atoms with Crippen molar-refractivity contribution in [3.8, 4) is 5.75 Å². The highest BCUT2D eigenvalue weighted by molar-refractivity contribution is 7.87. The number of thiophene rings is 1. The molecular formula is C19H25NO4S2. The van der Waals surface area contributed by atoms with Gasteiger partial charge in [-0.3, -0.25) is 4.79 Å². The van der Waals surface area contributed by atoms with E-state index in [-0.39, 0.29) is 23.5 Å². The van der Waals surface area contributed by atoms with E-state index in [4.69, 9.17) is 4.18 Å². The van der Waals surface area contributed by atoms with Crippen LogP contribution in [0.1, 0.15) is 37.6 Å². The summed E-state index contributed by atoms with van der Waals surface area (Å²) in [7, 11) is -3.57. The fourth-order valence-corrected chi connectivity index (χ4v) is 3.68. The molecule has 26 heavy (non-hydrogen) atoms. The number of hydrogen-bond acceptors (Lipinski definition) is 5. The molecule has 0 aliphatic carbocycles. The van der Waals surface area contributed by atoms with Gasteiger partial charge in [-0.05, 0) is 49.4 Å². The summed E-state index contributed by atoms with van der Waals surface area (Å²) in [5.41, 5.74) is 0.841. The summed E-state index contributed by atoms with van der Waals surface area (Å²) in [6.45, 7) is 6.02. The third-order valence-electron chi connectivity index (χ3n) is 4.18. The van der Waals surface area contributed by atoms with Crippen molar-refractivity contribution in [2.24, 2.45) is 0 Å². The van der Waals surface area contributed by atoms with Crippen LogP contribution in [-0.2, 0) is 27.9 Å². The number of nitrogens with zero attached hydrogens (tertiary/aromatic N) is 1. The average Bonchev–Trinajstić information content (AvgIpc) is 3.12. The lowest BCUT2D eigenvalue weighted by Gasteiger charge is -2.29. The van der Waals surface area contributed by atoms with Crippen molar-refractivity contribution in [1.82, 2.24) is 4.90 Å². The van der Waals surface area contributed by atoms with Crippen LogP contribution < -0.4 is 4.18 Å². The Balaban J connectivity index is 2.16. The monoisotopic (exact) mass is 395 g/mol. The van der Waals surface area contributed by atoms with Gasteiger partial charge in [0, 0.05) is 17.5 Å². The quantitative estimate of drug-likeness (QED) is 0.605. The largest absolute Gasteiger partial charge is 0.382 e. The van der Waals surface area contributed by atoms with Gasteiger partial charge in [-0.1, -0.05) is 25.1 Å². The van der Waals surface area contributed by atoms with Crippen LogP contribution in [0.3, 0.4) is 0 Å². The zero-order valence-corrected chi connectivity index (χ0v) is 17.0. The summed E-state index contributed by atoms with van der Waals surface area (Å²) in [6, 6.07) is 10.9. The van der Waals surface area contributed by atoms with Gasteiger partial charge < -0.3 is 9.08 Å². The molecule has 5 nitrogen and oxygen atoms in total. The molecule has 142 valence electrons. The Morgan fingerprint density at radius 3 is 2.62 bits per heavy atom. The topological polar surface area (TPSA) is 63.7 Å². The van der Waals surface area contributed by atoms with E-state index in [2.05, 4.69) is 0 Å². The molecule has 1 amide bonds. The Morgan fingerprint density at radius 2 is 2.00 bits per heavy atom. The molecule has 0 unspecified atom stereocenters. The Hall–Kier alpha value is -1.86. The number of amides is 1. The van der Waals surface area contributed by atoms with Gasteiger partial charge in [0.1, 0.15) is 5.75 Å². The molecule has 2 rings (SSSR count). The number of carbonyl (C=O) groups is 1. The standard InChI is InChI=1S/C19H25NO4S2/c1-4-15(3)20(19(21)13-18-10-7-11-25-18)14-16-8-6-9-17(12-16)24-26(22,23)5-2/h6-12,15H,4-5,13-14H2,1-3H3/t15-/m0/s1. The van der Waals surface area contributed by atoms with Crippen LogP contribution in [0.5, 0.6) is 5.75 Å². The van der Waals surface area contributed by atoms with Crippen molar-refractivity contribution in [1.29, 1.82) is 0 Å². The van der Waals surface area contributed by atoms with Crippen molar-refractivity contribution in [3.05, 3.63) is 52.2 Å². The fourth-order valence-electron chi connectivity index (χ4n) is 2.47. The Kier molecular flexibility index (Phi) is 7.23. The highest BCUT2D eigenvalue weighted by atomic mass is 32.2. The maximum atomic E-state index is 12.8. The van der Waals surface area contributed by atoms with Gasteiger partial charge >= 0.3 is 10.1 Å². The van der Waals surface area contributed by atoms with Gasteiger partial charge in [0.05, 0.1) is 12.2 Å². The van der Waals surface area contributed by atoms with Crippen molar-refractivity contribution in [3.63, 3.8) is 0 Å². The van der Waals surface area contributed by atoms with Gasteiger partial charge in [0.2, 0.25) is 5.91 Å². The molecule has 0 aliphatic heterocycles. The maximum absolute atomic E-state index is 12.8. The van der Waals surface area contributed by atoms with Crippen molar-refractivity contribution in [2.45, 2.75) is 46.2 Å². The van der Waals surface area contributed by atoms with Crippen LogP contribution >= 0.6 is 11.3 Å². The van der Waals surface area contributed by atoms with Gasteiger partial charge in [0.15, 0.2) is 0 Å². The molecule has 1 atom stereocenters. The molecule has 2 aromatic rings. The smallest absolute Gasteiger partial charge is 0.308 e. The van der Waals surface area contributed by atoms with E-state index in [1.807, 2.05) is 42.3 Å². The summed E-state index contributed by atoms with van der Waals surface area (Å²) in [5.74, 6) is 0.253. The summed E-state index contributed by atoms with van der Waals surface area (Å²) in [4.78, 5) is 15.7. The van der Waals surface area contributed by atoms with Crippen LogP contribution in [0, 0.1) is 0 Å². The lowest BCUT2D eigenvalue weighted by Crippen LogP contribution is -2.38. The zero-order valence-electron chi connectivity index (χ0n) is 15.3. The van der Waals surface area contributed by atoms with E-state index in [9.17, 15) is 13.2 Å². The first-order valence-corrected chi connectivity index (χ1v) is 11.1. The number of benzene rings is 1. The van der Waals surface area contributed by atoms with E-state index in [1.54, 1.807) is 29.5 Å². The first-order valence-electron chi connectivity index (χ1n) is 8.67. The Bertz CT molecular complexity index is 816.